The van der Waals surface area contributed by atoms with Gasteiger partial charge in [0, 0.05) is 16.3 Å². The summed E-state index contributed by atoms with van der Waals surface area (Å²) in [5.74, 6) is 2.15. The molecule has 0 fully saturated rings. The van der Waals surface area contributed by atoms with Gasteiger partial charge in [-0.05, 0) is 43.3 Å². The molecule has 1 N–H and O–H groups in total. The van der Waals surface area contributed by atoms with Gasteiger partial charge < -0.3 is 14.5 Å². The van der Waals surface area contributed by atoms with Gasteiger partial charge in [0.2, 0.25) is 5.82 Å². The molecule has 0 aliphatic carbocycles. The van der Waals surface area contributed by atoms with Gasteiger partial charge in [0.25, 0.3) is 5.91 Å². The molecule has 1 amide bonds. The second kappa shape index (κ2) is 7.56. The maximum atomic E-state index is 12.4. The highest BCUT2D eigenvalue weighted by Gasteiger charge is 2.17. The molecule has 0 aliphatic rings. The summed E-state index contributed by atoms with van der Waals surface area (Å²) in [6, 6.07) is 18.5. The molecule has 31 heavy (non-hydrogen) atoms. The highest BCUT2D eigenvalue weighted by atomic mass is 16.5. The summed E-state index contributed by atoms with van der Waals surface area (Å²) in [4.78, 5) is 12.4. The van der Waals surface area contributed by atoms with Crippen molar-refractivity contribution in [2.75, 3.05) is 7.11 Å². The molecule has 2 aromatic carbocycles. The predicted octanol–water partition coefficient (Wildman–Crippen LogP) is 3.78. The Morgan fingerprint density at radius 1 is 1.03 bits per heavy atom. The average molecular weight is 413 g/mol. The summed E-state index contributed by atoms with van der Waals surface area (Å²) >= 11 is 0. The van der Waals surface area contributed by atoms with E-state index in [1.165, 1.54) is 0 Å². The van der Waals surface area contributed by atoms with Gasteiger partial charge in [0.05, 0.1) is 19.3 Å². The van der Waals surface area contributed by atoms with Crippen LogP contribution in [-0.4, -0.2) is 32.8 Å². The van der Waals surface area contributed by atoms with Crippen LogP contribution >= 0.6 is 0 Å². The molecule has 0 bridgehead atoms. The number of fused-ring (bicyclic) bond motifs is 3. The first kappa shape index (κ1) is 18.8. The van der Waals surface area contributed by atoms with Gasteiger partial charge in [0.15, 0.2) is 11.4 Å². The molecule has 0 unspecified atom stereocenters. The normalized spacial score (nSPS) is 11.2. The minimum absolute atomic E-state index is 0.197. The van der Waals surface area contributed by atoms with Crippen molar-refractivity contribution in [3.8, 4) is 17.3 Å². The van der Waals surface area contributed by atoms with E-state index >= 15 is 0 Å². The molecule has 3 aromatic heterocycles. The van der Waals surface area contributed by atoms with Crippen LogP contribution in [0.2, 0.25) is 0 Å². The Morgan fingerprint density at radius 3 is 2.58 bits per heavy atom. The molecule has 0 saturated heterocycles. The quantitative estimate of drug-likeness (QED) is 0.471. The molecule has 5 rings (SSSR count). The van der Waals surface area contributed by atoms with E-state index in [-0.39, 0.29) is 12.5 Å². The van der Waals surface area contributed by atoms with E-state index in [4.69, 9.17) is 9.15 Å². The number of methoxy groups -OCH3 is 1. The zero-order valence-corrected chi connectivity index (χ0v) is 17.0. The van der Waals surface area contributed by atoms with E-state index in [0.717, 1.165) is 16.5 Å². The van der Waals surface area contributed by atoms with Crippen LogP contribution in [0, 0.1) is 6.92 Å². The molecule has 5 aromatic rings. The molecule has 8 heteroatoms. The first-order valence-electron chi connectivity index (χ1n) is 9.76. The Kier molecular flexibility index (Phi) is 4.59. The van der Waals surface area contributed by atoms with Crippen molar-refractivity contribution >= 4 is 22.3 Å². The molecule has 0 saturated carbocycles. The Bertz CT molecular complexity index is 1400. The lowest BCUT2D eigenvalue weighted by atomic mass is 10.1. The number of hydrogen-bond acceptors (Lipinski definition) is 6. The number of amides is 1. The summed E-state index contributed by atoms with van der Waals surface area (Å²) in [7, 11) is 1.58. The second-order valence-corrected chi connectivity index (χ2v) is 7.07. The Morgan fingerprint density at radius 2 is 1.81 bits per heavy atom. The van der Waals surface area contributed by atoms with Crippen LogP contribution in [0.3, 0.4) is 0 Å². The number of aromatic nitrogens is 4. The molecule has 0 aliphatic heterocycles. The number of aryl methyl sites for hydroxylation is 1. The third-order valence-electron chi connectivity index (χ3n) is 5.11. The van der Waals surface area contributed by atoms with Gasteiger partial charge in [-0.25, -0.2) is 0 Å². The largest absolute Gasteiger partial charge is 0.497 e. The third-order valence-corrected chi connectivity index (χ3v) is 5.11. The van der Waals surface area contributed by atoms with Crippen molar-refractivity contribution in [1.82, 2.24) is 25.1 Å². The van der Waals surface area contributed by atoms with Crippen molar-refractivity contribution in [3.63, 3.8) is 0 Å². The standard InChI is InChI=1S/C23H19N5O3/c1-14-18-5-3-4-6-19(18)21-25-26-22(28(21)27-14)20-12-11-17(31-20)13-24-23(29)15-7-9-16(30-2)10-8-15/h3-12H,13H2,1-2H3,(H,24,29). The van der Waals surface area contributed by atoms with Crippen molar-refractivity contribution in [2.24, 2.45) is 0 Å². The molecule has 154 valence electrons. The van der Waals surface area contributed by atoms with Crippen molar-refractivity contribution in [3.05, 3.63) is 77.7 Å². The topological polar surface area (TPSA) is 94.5 Å². The minimum atomic E-state index is -0.197. The fourth-order valence-electron chi connectivity index (χ4n) is 3.50. The predicted molar refractivity (Wildman–Crippen MR) is 115 cm³/mol. The van der Waals surface area contributed by atoms with Crippen LogP contribution in [0.5, 0.6) is 5.75 Å². The summed E-state index contributed by atoms with van der Waals surface area (Å²) < 4.78 is 12.7. The molecule has 0 spiro atoms. The zero-order chi connectivity index (χ0) is 21.4. The molecule has 0 radical (unpaired) electrons. The maximum Gasteiger partial charge on any atom is 0.251 e. The van der Waals surface area contributed by atoms with Gasteiger partial charge in [-0.15, -0.1) is 10.2 Å². The van der Waals surface area contributed by atoms with Crippen LogP contribution in [-0.2, 0) is 6.54 Å². The van der Waals surface area contributed by atoms with Gasteiger partial charge >= 0.3 is 0 Å². The van der Waals surface area contributed by atoms with Crippen molar-refractivity contribution in [1.29, 1.82) is 0 Å². The van der Waals surface area contributed by atoms with Crippen LogP contribution in [0.4, 0.5) is 0 Å². The summed E-state index contributed by atoms with van der Waals surface area (Å²) in [6.45, 7) is 2.20. The summed E-state index contributed by atoms with van der Waals surface area (Å²) in [6.07, 6.45) is 0. The average Bonchev–Trinajstić information content (AvgIpc) is 3.44. The number of benzene rings is 2. The maximum absolute atomic E-state index is 12.4. The smallest absolute Gasteiger partial charge is 0.251 e. The molecular weight excluding hydrogens is 394 g/mol. The summed E-state index contributed by atoms with van der Waals surface area (Å²) in [5.41, 5.74) is 2.09. The van der Waals surface area contributed by atoms with Crippen LogP contribution in [0.15, 0.2) is 65.1 Å². The van der Waals surface area contributed by atoms with Crippen molar-refractivity contribution in [2.45, 2.75) is 13.5 Å². The number of nitrogens with zero attached hydrogens (tertiary/aromatic N) is 4. The minimum Gasteiger partial charge on any atom is -0.497 e. The molecule has 8 nitrogen and oxygen atoms in total. The fourth-order valence-corrected chi connectivity index (χ4v) is 3.50. The number of rotatable bonds is 5. The molecule has 3 heterocycles. The lowest BCUT2D eigenvalue weighted by Crippen LogP contribution is -2.22. The highest BCUT2D eigenvalue weighted by molar-refractivity contribution is 5.95. The van der Waals surface area contributed by atoms with E-state index in [9.17, 15) is 4.79 Å². The number of furan rings is 1. The lowest BCUT2D eigenvalue weighted by Gasteiger charge is -2.05. The number of carbonyl (C=O) groups is 1. The Hall–Kier alpha value is -4.20. The number of nitrogens with one attached hydrogen (secondary N) is 1. The monoisotopic (exact) mass is 413 g/mol. The molecule has 0 atom stereocenters. The first-order chi connectivity index (χ1) is 15.1. The Balaban J connectivity index is 1.38. The second-order valence-electron chi connectivity index (χ2n) is 7.07. The van der Waals surface area contributed by atoms with E-state index < -0.39 is 0 Å². The van der Waals surface area contributed by atoms with Crippen molar-refractivity contribution < 1.29 is 13.9 Å². The van der Waals surface area contributed by atoms with Crippen LogP contribution in [0.25, 0.3) is 28.0 Å². The van der Waals surface area contributed by atoms with Crippen LogP contribution < -0.4 is 10.1 Å². The van der Waals surface area contributed by atoms with E-state index in [1.54, 1.807) is 48.0 Å². The van der Waals surface area contributed by atoms with Gasteiger partial charge in [-0.1, -0.05) is 24.3 Å². The lowest BCUT2D eigenvalue weighted by molar-refractivity contribution is 0.0948. The number of hydrogen-bond donors (Lipinski definition) is 1. The van der Waals surface area contributed by atoms with E-state index in [2.05, 4.69) is 20.6 Å². The van der Waals surface area contributed by atoms with Gasteiger partial charge in [0.1, 0.15) is 11.5 Å². The zero-order valence-electron chi connectivity index (χ0n) is 17.0. The number of ether oxygens (including phenoxy) is 1. The highest BCUT2D eigenvalue weighted by Crippen LogP contribution is 2.25. The van der Waals surface area contributed by atoms with Crippen LogP contribution in [0.1, 0.15) is 21.8 Å². The summed E-state index contributed by atoms with van der Waals surface area (Å²) in [5, 5.41) is 18.1. The number of carbonyl (C=O) groups excluding carboxylic acids is 1. The van der Waals surface area contributed by atoms with E-state index in [0.29, 0.717) is 34.3 Å². The third kappa shape index (κ3) is 3.38. The van der Waals surface area contributed by atoms with E-state index in [1.807, 2.05) is 31.2 Å². The first-order valence-corrected chi connectivity index (χ1v) is 9.76. The Labute approximate surface area is 177 Å². The van der Waals surface area contributed by atoms with Gasteiger partial charge in [-0.3, -0.25) is 4.79 Å². The van der Waals surface area contributed by atoms with Gasteiger partial charge in [-0.2, -0.15) is 9.61 Å². The molecular formula is C23H19N5O3. The fraction of sp³-hybridized carbons (Fsp3) is 0.130. The SMILES string of the molecule is COc1ccc(C(=O)NCc2ccc(-c3nnc4c5ccccc5c(C)nn34)o2)cc1.